The van der Waals surface area contributed by atoms with E-state index in [1.165, 1.54) is 7.11 Å². The number of carboxylic acids is 1. The predicted octanol–water partition coefficient (Wildman–Crippen LogP) is -0.311. The molecule has 7 heteroatoms. The van der Waals surface area contributed by atoms with Crippen molar-refractivity contribution in [1.82, 2.24) is 5.32 Å². The van der Waals surface area contributed by atoms with Crippen molar-refractivity contribution in [2.75, 3.05) is 7.11 Å². The summed E-state index contributed by atoms with van der Waals surface area (Å²) in [5.74, 6) is -2.49. The lowest BCUT2D eigenvalue weighted by atomic mass is 10.1. The van der Waals surface area contributed by atoms with Crippen molar-refractivity contribution >= 4 is 17.8 Å². The Bertz CT molecular complexity index is 503. The lowest BCUT2D eigenvalue weighted by Gasteiger charge is -2.17. The van der Waals surface area contributed by atoms with Gasteiger partial charge in [0.15, 0.2) is 0 Å². The second-order valence-electron chi connectivity index (χ2n) is 4.48. The van der Waals surface area contributed by atoms with E-state index in [1.807, 2.05) is 30.3 Å². The molecule has 0 spiro atoms. The second-order valence-corrected chi connectivity index (χ2v) is 4.48. The van der Waals surface area contributed by atoms with Gasteiger partial charge in [-0.15, -0.1) is 0 Å². The Morgan fingerprint density at radius 2 is 1.90 bits per heavy atom. The lowest BCUT2D eigenvalue weighted by molar-refractivity contribution is -0.145. The zero-order valence-corrected chi connectivity index (χ0v) is 11.6. The topological polar surface area (TPSA) is 119 Å². The zero-order valence-electron chi connectivity index (χ0n) is 11.6. The van der Waals surface area contributed by atoms with Crippen LogP contribution in [0.3, 0.4) is 0 Å². The molecular formula is C14H18N2O5. The summed E-state index contributed by atoms with van der Waals surface area (Å²) in [6, 6.07) is 6.89. The van der Waals surface area contributed by atoms with Crippen LogP contribution >= 0.6 is 0 Å². The average Bonchev–Trinajstić information content (AvgIpc) is 2.46. The standard InChI is InChI=1S/C14H18N2O5/c1-21-14(20)11(7-9-5-3-2-4-6-9)16-12(17)8-10(15)13(18)19/h2-6,10-11H,7-8,15H2,1H3,(H,16,17)(H,18,19)/t10-,11-/m0/s1. The molecule has 0 saturated heterocycles. The zero-order chi connectivity index (χ0) is 15.8. The van der Waals surface area contributed by atoms with E-state index >= 15 is 0 Å². The molecule has 0 aliphatic carbocycles. The number of amides is 1. The Labute approximate surface area is 122 Å². The number of methoxy groups -OCH3 is 1. The fourth-order valence-electron chi connectivity index (χ4n) is 1.73. The number of benzene rings is 1. The largest absolute Gasteiger partial charge is 0.480 e. The summed E-state index contributed by atoms with van der Waals surface area (Å²) < 4.78 is 4.64. The maximum atomic E-state index is 11.7. The molecule has 0 saturated carbocycles. The second kappa shape index (κ2) is 8.01. The monoisotopic (exact) mass is 294 g/mol. The molecule has 0 heterocycles. The molecule has 4 N–H and O–H groups in total. The van der Waals surface area contributed by atoms with Crippen LogP contribution in [-0.2, 0) is 25.5 Å². The molecule has 114 valence electrons. The SMILES string of the molecule is COC(=O)[C@H](Cc1ccccc1)NC(=O)C[C@H](N)C(=O)O. The van der Waals surface area contributed by atoms with Crippen molar-refractivity contribution in [3.05, 3.63) is 35.9 Å². The highest BCUT2D eigenvalue weighted by atomic mass is 16.5. The quantitative estimate of drug-likeness (QED) is 0.593. The molecule has 0 aliphatic heterocycles. The van der Waals surface area contributed by atoms with Gasteiger partial charge >= 0.3 is 11.9 Å². The minimum Gasteiger partial charge on any atom is -0.480 e. The van der Waals surface area contributed by atoms with Crippen LogP contribution in [0.2, 0.25) is 0 Å². The van der Waals surface area contributed by atoms with E-state index in [0.717, 1.165) is 5.56 Å². The molecule has 0 fully saturated rings. The van der Waals surface area contributed by atoms with Gasteiger partial charge in [-0.2, -0.15) is 0 Å². The summed E-state index contributed by atoms with van der Waals surface area (Å²) in [7, 11) is 1.22. The van der Waals surface area contributed by atoms with Gasteiger partial charge in [-0.05, 0) is 5.56 Å². The van der Waals surface area contributed by atoms with E-state index in [1.54, 1.807) is 0 Å². The van der Waals surface area contributed by atoms with E-state index in [-0.39, 0.29) is 6.42 Å². The van der Waals surface area contributed by atoms with Crippen LogP contribution in [0, 0.1) is 0 Å². The Kier molecular flexibility index (Phi) is 6.35. The van der Waals surface area contributed by atoms with Crippen LogP contribution in [0.4, 0.5) is 0 Å². The fraction of sp³-hybridized carbons (Fsp3) is 0.357. The van der Waals surface area contributed by atoms with Crippen molar-refractivity contribution in [2.24, 2.45) is 5.73 Å². The minimum atomic E-state index is -1.31. The van der Waals surface area contributed by atoms with Crippen LogP contribution in [0.15, 0.2) is 30.3 Å². The van der Waals surface area contributed by atoms with Gasteiger partial charge in [0.1, 0.15) is 12.1 Å². The first-order chi connectivity index (χ1) is 9.93. The number of carbonyl (C=O) groups is 3. The summed E-state index contributed by atoms with van der Waals surface area (Å²) in [6.07, 6.45) is -0.154. The first-order valence-corrected chi connectivity index (χ1v) is 6.33. The third kappa shape index (κ3) is 5.62. The third-order valence-corrected chi connectivity index (χ3v) is 2.83. The van der Waals surface area contributed by atoms with E-state index in [4.69, 9.17) is 10.8 Å². The van der Waals surface area contributed by atoms with Gasteiger partial charge in [-0.25, -0.2) is 4.79 Å². The van der Waals surface area contributed by atoms with Gasteiger partial charge in [0.2, 0.25) is 5.91 Å². The summed E-state index contributed by atoms with van der Waals surface area (Å²) in [6.45, 7) is 0. The van der Waals surface area contributed by atoms with Gasteiger partial charge < -0.3 is 20.9 Å². The molecule has 1 aromatic rings. The van der Waals surface area contributed by atoms with Crippen LogP contribution in [0.1, 0.15) is 12.0 Å². The molecule has 1 aromatic carbocycles. The first-order valence-electron chi connectivity index (χ1n) is 6.33. The number of hydrogen-bond acceptors (Lipinski definition) is 5. The molecule has 0 bridgehead atoms. The summed E-state index contributed by atoms with van der Waals surface area (Å²) >= 11 is 0. The highest BCUT2D eigenvalue weighted by Crippen LogP contribution is 2.05. The number of carboxylic acid groups (broad SMARTS) is 1. The fourth-order valence-corrected chi connectivity index (χ4v) is 1.73. The normalized spacial score (nSPS) is 13.0. The van der Waals surface area contributed by atoms with Crippen LogP contribution in [0.5, 0.6) is 0 Å². The van der Waals surface area contributed by atoms with Gasteiger partial charge in [0.05, 0.1) is 13.5 Å². The van der Waals surface area contributed by atoms with Gasteiger partial charge in [0.25, 0.3) is 0 Å². The molecule has 0 aliphatic rings. The molecule has 0 unspecified atom stereocenters. The smallest absolute Gasteiger partial charge is 0.328 e. The molecule has 0 radical (unpaired) electrons. The van der Waals surface area contributed by atoms with Gasteiger partial charge in [0, 0.05) is 6.42 Å². The van der Waals surface area contributed by atoms with Gasteiger partial charge in [-0.1, -0.05) is 30.3 Å². The van der Waals surface area contributed by atoms with E-state index < -0.39 is 36.4 Å². The summed E-state index contributed by atoms with van der Waals surface area (Å²) in [5.41, 5.74) is 6.12. The van der Waals surface area contributed by atoms with E-state index in [0.29, 0.717) is 0 Å². The number of esters is 1. The van der Waals surface area contributed by atoms with Crippen molar-refractivity contribution < 1.29 is 24.2 Å². The third-order valence-electron chi connectivity index (χ3n) is 2.83. The predicted molar refractivity (Wildman–Crippen MR) is 74.3 cm³/mol. The number of rotatable bonds is 7. The number of carbonyl (C=O) groups excluding carboxylic acids is 2. The number of aliphatic carboxylic acids is 1. The molecule has 21 heavy (non-hydrogen) atoms. The Hall–Kier alpha value is -2.41. The average molecular weight is 294 g/mol. The number of nitrogens with two attached hydrogens (primary N) is 1. The van der Waals surface area contributed by atoms with E-state index in [9.17, 15) is 14.4 Å². The Morgan fingerprint density at radius 3 is 2.43 bits per heavy atom. The Balaban J connectivity index is 2.68. The number of ether oxygens (including phenoxy) is 1. The van der Waals surface area contributed by atoms with Crippen molar-refractivity contribution in [3.63, 3.8) is 0 Å². The van der Waals surface area contributed by atoms with Crippen LogP contribution in [-0.4, -0.2) is 42.1 Å². The van der Waals surface area contributed by atoms with Crippen molar-refractivity contribution in [1.29, 1.82) is 0 Å². The molecule has 1 amide bonds. The molecule has 2 atom stereocenters. The van der Waals surface area contributed by atoms with Crippen molar-refractivity contribution in [3.8, 4) is 0 Å². The number of hydrogen-bond donors (Lipinski definition) is 3. The number of nitrogens with one attached hydrogen (secondary N) is 1. The highest BCUT2D eigenvalue weighted by molar-refractivity contribution is 5.88. The summed E-state index contributed by atoms with van der Waals surface area (Å²) in [5, 5.41) is 11.1. The Morgan fingerprint density at radius 1 is 1.29 bits per heavy atom. The summed E-state index contributed by atoms with van der Waals surface area (Å²) in [4.78, 5) is 34.0. The van der Waals surface area contributed by atoms with Gasteiger partial charge in [-0.3, -0.25) is 9.59 Å². The van der Waals surface area contributed by atoms with Crippen LogP contribution < -0.4 is 11.1 Å². The molecule has 1 rings (SSSR count). The van der Waals surface area contributed by atoms with Crippen LogP contribution in [0.25, 0.3) is 0 Å². The minimum absolute atomic E-state index is 0.252. The molecular weight excluding hydrogens is 276 g/mol. The first kappa shape index (κ1) is 16.6. The molecule has 7 nitrogen and oxygen atoms in total. The lowest BCUT2D eigenvalue weighted by Crippen LogP contribution is -2.45. The maximum absolute atomic E-state index is 11.7. The van der Waals surface area contributed by atoms with E-state index in [2.05, 4.69) is 10.1 Å². The van der Waals surface area contributed by atoms with Crippen molar-refractivity contribution in [2.45, 2.75) is 24.9 Å². The molecule has 0 aromatic heterocycles. The maximum Gasteiger partial charge on any atom is 0.328 e. The highest BCUT2D eigenvalue weighted by Gasteiger charge is 2.24.